The molecule has 0 aromatic heterocycles. The van der Waals surface area contributed by atoms with E-state index in [1.807, 2.05) is 54.6 Å². The summed E-state index contributed by atoms with van der Waals surface area (Å²) in [7, 11) is 0. The first-order valence-corrected chi connectivity index (χ1v) is 5.99. The second-order valence-corrected chi connectivity index (χ2v) is 4.15. The highest BCUT2D eigenvalue weighted by atomic mass is 32.1. The van der Waals surface area contributed by atoms with Gasteiger partial charge in [0.05, 0.1) is 5.56 Å². The second kappa shape index (κ2) is 6.14. The summed E-state index contributed by atoms with van der Waals surface area (Å²) in [5, 5.41) is 0. The zero-order chi connectivity index (χ0) is 12.8. The number of ether oxygens (including phenoxy) is 1. The third-order valence-corrected chi connectivity index (χ3v) is 2.84. The molecule has 0 amide bonds. The average molecular weight is 258 g/mol. The third-order valence-electron chi connectivity index (χ3n) is 2.50. The SMILES string of the molecule is NNC(=S)c1ccccc1OCc1ccccc1. The highest BCUT2D eigenvalue weighted by Gasteiger charge is 2.07. The first kappa shape index (κ1) is 12.5. The molecular weight excluding hydrogens is 244 g/mol. The van der Waals surface area contributed by atoms with Gasteiger partial charge in [-0.25, -0.2) is 5.84 Å². The van der Waals surface area contributed by atoms with Gasteiger partial charge in [-0.15, -0.1) is 0 Å². The van der Waals surface area contributed by atoms with Crippen LogP contribution in [0.25, 0.3) is 0 Å². The summed E-state index contributed by atoms with van der Waals surface area (Å²) >= 11 is 5.12. The van der Waals surface area contributed by atoms with Crippen LogP contribution in [0.15, 0.2) is 54.6 Å². The first-order chi connectivity index (χ1) is 8.81. The van der Waals surface area contributed by atoms with E-state index in [9.17, 15) is 0 Å². The number of hydrazine groups is 1. The Bertz CT molecular complexity index is 528. The van der Waals surface area contributed by atoms with Gasteiger partial charge in [-0.05, 0) is 17.7 Å². The number of benzene rings is 2. The number of hydrogen-bond donors (Lipinski definition) is 2. The van der Waals surface area contributed by atoms with Crippen molar-refractivity contribution in [2.45, 2.75) is 6.61 Å². The van der Waals surface area contributed by atoms with Gasteiger partial charge in [-0.3, -0.25) is 0 Å². The van der Waals surface area contributed by atoms with Crippen LogP contribution >= 0.6 is 12.2 Å². The number of para-hydroxylation sites is 1. The lowest BCUT2D eigenvalue weighted by atomic mass is 10.2. The van der Waals surface area contributed by atoms with Crippen molar-refractivity contribution in [3.05, 3.63) is 65.7 Å². The Hall–Kier alpha value is -1.91. The van der Waals surface area contributed by atoms with Crippen LogP contribution < -0.4 is 16.0 Å². The van der Waals surface area contributed by atoms with Gasteiger partial charge in [0.1, 0.15) is 17.3 Å². The molecule has 4 heteroatoms. The lowest BCUT2D eigenvalue weighted by Crippen LogP contribution is -2.29. The van der Waals surface area contributed by atoms with Crippen LogP contribution in [0.1, 0.15) is 11.1 Å². The Morgan fingerprint density at radius 3 is 2.44 bits per heavy atom. The molecule has 0 aliphatic carbocycles. The molecule has 2 rings (SSSR count). The van der Waals surface area contributed by atoms with Gasteiger partial charge in [-0.2, -0.15) is 0 Å². The second-order valence-electron chi connectivity index (χ2n) is 3.74. The molecule has 0 bridgehead atoms. The molecule has 0 aliphatic heterocycles. The summed E-state index contributed by atoms with van der Waals surface area (Å²) in [5.74, 6) is 6.06. The fraction of sp³-hybridized carbons (Fsp3) is 0.0714. The summed E-state index contributed by atoms with van der Waals surface area (Å²) in [4.78, 5) is 0.471. The summed E-state index contributed by atoms with van der Waals surface area (Å²) in [6, 6.07) is 17.5. The van der Waals surface area contributed by atoms with Gasteiger partial charge in [0.25, 0.3) is 0 Å². The van der Waals surface area contributed by atoms with Crippen molar-refractivity contribution in [1.29, 1.82) is 0 Å². The van der Waals surface area contributed by atoms with Crippen molar-refractivity contribution < 1.29 is 4.74 Å². The van der Waals surface area contributed by atoms with Gasteiger partial charge in [0.15, 0.2) is 0 Å². The van der Waals surface area contributed by atoms with Gasteiger partial charge in [0, 0.05) is 0 Å². The van der Waals surface area contributed by atoms with E-state index in [2.05, 4.69) is 5.43 Å². The highest BCUT2D eigenvalue weighted by Crippen LogP contribution is 2.19. The van der Waals surface area contributed by atoms with Crippen molar-refractivity contribution in [2.75, 3.05) is 0 Å². The molecular formula is C14H14N2OS. The molecule has 18 heavy (non-hydrogen) atoms. The molecule has 2 aromatic carbocycles. The molecule has 0 heterocycles. The number of rotatable bonds is 4. The van der Waals surface area contributed by atoms with Crippen LogP contribution in [0, 0.1) is 0 Å². The third kappa shape index (κ3) is 3.06. The molecule has 0 fully saturated rings. The molecule has 3 N–H and O–H groups in total. The van der Waals surface area contributed by atoms with Crippen molar-refractivity contribution in [3.63, 3.8) is 0 Å². The minimum atomic E-state index is 0.471. The molecule has 0 spiro atoms. The average Bonchev–Trinajstić information content (AvgIpc) is 2.45. The van der Waals surface area contributed by atoms with E-state index in [0.717, 1.165) is 16.9 Å². The normalized spacial score (nSPS) is 9.83. The summed E-state index contributed by atoms with van der Waals surface area (Å²) in [6.07, 6.45) is 0. The van der Waals surface area contributed by atoms with Crippen LogP contribution in [-0.2, 0) is 6.61 Å². The number of nitrogens with one attached hydrogen (secondary N) is 1. The number of nitrogens with two attached hydrogens (primary N) is 1. The molecule has 92 valence electrons. The molecule has 2 aromatic rings. The van der Waals surface area contributed by atoms with Crippen LogP contribution in [0.3, 0.4) is 0 Å². The summed E-state index contributed by atoms with van der Waals surface area (Å²) < 4.78 is 5.76. The van der Waals surface area contributed by atoms with Crippen LogP contribution in [-0.4, -0.2) is 4.99 Å². The van der Waals surface area contributed by atoms with Crippen molar-refractivity contribution in [3.8, 4) is 5.75 Å². The first-order valence-electron chi connectivity index (χ1n) is 5.58. The van der Waals surface area contributed by atoms with Gasteiger partial charge >= 0.3 is 0 Å². The van der Waals surface area contributed by atoms with Crippen molar-refractivity contribution in [2.24, 2.45) is 5.84 Å². The Kier molecular flexibility index (Phi) is 4.28. The fourth-order valence-electron chi connectivity index (χ4n) is 1.59. The quantitative estimate of drug-likeness (QED) is 0.502. The minimum absolute atomic E-state index is 0.471. The van der Waals surface area contributed by atoms with Gasteiger partial charge < -0.3 is 10.2 Å². The predicted molar refractivity (Wildman–Crippen MR) is 76.2 cm³/mol. The Labute approximate surface area is 112 Å². The zero-order valence-corrected chi connectivity index (χ0v) is 10.6. The maximum atomic E-state index is 5.76. The Morgan fingerprint density at radius 2 is 1.72 bits per heavy atom. The Balaban J connectivity index is 2.12. The van der Waals surface area contributed by atoms with E-state index in [1.54, 1.807) is 0 Å². The fourth-order valence-corrected chi connectivity index (χ4v) is 1.76. The summed E-state index contributed by atoms with van der Waals surface area (Å²) in [6.45, 7) is 0.505. The zero-order valence-electron chi connectivity index (χ0n) is 9.80. The van der Waals surface area contributed by atoms with E-state index in [1.165, 1.54) is 0 Å². The molecule has 0 radical (unpaired) electrons. The molecule has 0 atom stereocenters. The standard InChI is InChI=1S/C14H14N2OS/c15-16-14(18)12-8-4-5-9-13(12)17-10-11-6-2-1-3-7-11/h1-9H,10,15H2,(H,16,18). The van der Waals surface area contributed by atoms with Crippen LogP contribution in [0.5, 0.6) is 5.75 Å². The predicted octanol–water partition coefficient (Wildman–Crippen LogP) is 2.40. The van der Waals surface area contributed by atoms with Crippen molar-refractivity contribution in [1.82, 2.24) is 5.43 Å². The molecule has 0 saturated heterocycles. The number of thiocarbonyl (C=S) groups is 1. The van der Waals surface area contributed by atoms with Crippen LogP contribution in [0.2, 0.25) is 0 Å². The lowest BCUT2D eigenvalue weighted by molar-refractivity contribution is 0.305. The monoisotopic (exact) mass is 258 g/mol. The van der Waals surface area contributed by atoms with Crippen LogP contribution in [0.4, 0.5) is 0 Å². The van der Waals surface area contributed by atoms with E-state index in [0.29, 0.717) is 11.6 Å². The van der Waals surface area contributed by atoms with E-state index in [4.69, 9.17) is 22.8 Å². The lowest BCUT2D eigenvalue weighted by Gasteiger charge is -2.11. The smallest absolute Gasteiger partial charge is 0.130 e. The minimum Gasteiger partial charge on any atom is -0.488 e. The van der Waals surface area contributed by atoms with Gasteiger partial charge in [0.2, 0.25) is 0 Å². The topological polar surface area (TPSA) is 47.3 Å². The molecule has 3 nitrogen and oxygen atoms in total. The molecule has 0 saturated carbocycles. The maximum absolute atomic E-state index is 5.76. The summed E-state index contributed by atoms with van der Waals surface area (Å²) in [5.41, 5.74) is 4.38. The molecule has 0 aliphatic rings. The number of hydrogen-bond acceptors (Lipinski definition) is 3. The van der Waals surface area contributed by atoms with Gasteiger partial charge in [-0.1, -0.05) is 54.7 Å². The van der Waals surface area contributed by atoms with E-state index >= 15 is 0 Å². The van der Waals surface area contributed by atoms with Crippen molar-refractivity contribution >= 4 is 17.2 Å². The highest BCUT2D eigenvalue weighted by molar-refractivity contribution is 7.80. The van der Waals surface area contributed by atoms with E-state index in [-0.39, 0.29) is 0 Å². The maximum Gasteiger partial charge on any atom is 0.130 e. The Morgan fingerprint density at radius 1 is 1.06 bits per heavy atom. The van der Waals surface area contributed by atoms with E-state index < -0.39 is 0 Å². The molecule has 0 unspecified atom stereocenters. The largest absolute Gasteiger partial charge is 0.488 e.